The highest BCUT2D eigenvalue weighted by Gasteiger charge is 2.14. The summed E-state index contributed by atoms with van der Waals surface area (Å²) in [6.07, 6.45) is 7.24. The number of hydrogen-bond acceptors (Lipinski definition) is 5. The van der Waals surface area contributed by atoms with Crippen LogP contribution in [0, 0.1) is 5.82 Å². The topological polar surface area (TPSA) is 80.0 Å². The number of hydrogen-bond donors (Lipinski definition) is 2. The number of aliphatic hydroxyl groups excluding tert-OH is 1. The fourth-order valence-corrected chi connectivity index (χ4v) is 3.60. The Labute approximate surface area is 184 Å². The summed E-state index contributed by atoms with van der Waals surface area (Å²) >= 11 is 0. The predicted octanol–water partition coefficient (Wildman–Crippen LogP) is 3.96. The summed E-state index contributed by atoms with van der Waals surface area (Å²) in [4.78, 5) is 22.0. The van der Waals surface area contributed by atoms with Gasteiger partial charge in [0.2, 0.25) is 0 Å². The van der Waals surface area contributed by atoms with Crippen LogP contribution >= 0.6 is 0 Å². The van der Waals surface area contributed by atoms with E-state index in [4.69, 9.17) is 4.98 Å². The van der Waals surface area contributed by atoms with Crippen molar-refractivity contribution in [2.75, 3.05) is 6.61 Å². The van der Waals surface area contributed by atoms with Crippen LogP contribution in [-0.4, -0.2) is 32.3 Å². The highest BCUT2D eigenvalue weighted by atomic mass is 19.1. The van der Waals surface area contributed by atoms with Crippen molar-refractivity contribution >= 4 is 27.5 Å². The number of benzene rings is 1. The first-order valence-electron chi connectivity index (χ1n) is 10.5. The molecule has 0 spiro atoms. The van der Waals surface area contributed by atoms with Crippen LogP contribution in [0.1, 0.15) is 19.5 Å². The lowest BCUT2D eigenvalue weighted by atomic mass is 10.1. The van der Waals surface area contributed by atoms with E-state index in [2.05, 4.69) is 10.3 Å². The zero-order valence-corrected chi connectivity index (χ0v) is 17.8. The number of aliphatic hydroxyl groups is 1. The van der Waals surface area contributed by atoms with E-state index in [-0.39, 0.29) is 18.2 Å². The maximum absolute atomic E-state index is 13.9. The highest BCUT2D eigenvalue weighted by Crippen LogP contribution is 2.26. The van der Waals surface area contributed by atoms with Crippen molar-refractivity contribution in [1.29, 1.82) is 0 Å². The van der Waals surface area contributed by atoms with Crippen molar-refractivity contribution in [2.24, 2.45) is 0 Å². The summed E-state index contributed by atoms with van der Waals surface area (Å²) in [6.45, 7) is 4.00. The van der Waals surface area contributed by atoms with E-state index in [0.717, 1.165) is 11.0 Å². The third-order valence-corrected chi connectivity index (χ3v) is 5.08. The molecule has 4 aromatic rings. The standard InChI is InChI=1S/C23H17FN4O2.C2H6/c24-16-2-1-3-18(10-16)28-21(30)9-5-15-12-26-20-8-7-19(27-22(20)23(15)28)14-4-6-17(13-29)25-11-14;1-2/h1-12,17,25,29H,13H2;1-2H3. The number of dihydropyridines is 1. The minimum atomic E-state index is -0.426. The number of fused-ring (bicyclic) bond motifs is 3. The van der Waals surface area contributed by atoms with E-state index in [1.54, 1.807) is 30.6 Å². The Bertz CT molecular complexity index is 1410. The molecule has 5 rings (SSSR count). The monoisotopic (exact) mass is 430 g/mol. The van der Waals surface area contributed by atoms with Crippen LogP contribution in [-0.2, 0) is 0 Å². The van der Waals surface area contributed by atoms with Gasteiger partial charge in [0.05, 0.1) is 35.1 Å². The Morgan fingerprint density at radius 3 is 2.72 bits per heavy atom. The van der Waals surface area contributed by atoms with Gasteiger partial charge in [0.15, 0.2) is 0 Å². The molecule has 0 fully saturated rings. The second kappa shape index (κ2) is 9.11. The van der Waals surface area contributed by atoms with Crippen molar-refractivity contribution in [2.45, 2.75) is 19.9 Å². The largest absolute Gasteiger partial charge is 0.394 e. The third kappa shape index (κ3) is 3.90. The quantitative estimate of drug-likeness (QED) is 0.481. The zero-order chi connectivity index (χ0) is 22.7. The maximum Gasteiger partial charge on any atom is 0.255 e. The Hall–Kier alpha value is -3.84. The van der Waals surface area contributed by atoms with E-state index < -0.39 is 5.82 Å². The average molecular weight is 430 g/mol. The number of pyridine rings is 3. The summed E-state index contributed by atoms with van der Waals surface area (Å²) in [5.41, 5.74) is 3.43. The summed E-state index contributed by atoms with van der Waals surface area (Å²) < 4.78 is 15.3. The van der Waals surface area contributed by atoms with Gasteiger partial charge in [-0.3, -0.25) is 14.3 Å². The average Bonchev–Trinajstić information content (AvgIpc) is 2.85. The normalized spacial score (nSPS) is 15.1. The molecule has 1 aliphatic heterocycles. The molecular weight excluding hydrogens is 407 g/mol. The predicted molar refractivity (Wildman–Crippen MR) is 125 cm³/mol. The summed E-state index contributed by atoms with van der Waals surface area (Å²) in [7, 11) is 0. The smallest absolute Gasteiger partial charge is 0.255 e. The van der Waals surface area contributed by atoms with E-state index in [1.807, 2.05) is 38.1 Å². The van der Waals surface area contributed by atoms with Crippen LogP contribution in [0.25, 0.3) is 33.2 Å². The van der Waals surface area contributed by atoms with E-state index >= 15 is 0 Å². The van der Waals surface area contributed by atoms with Gasteiger partial charge in [-0.05, 0) is 36.4 Å². The van der Waals surface area contributed by atoms with E-state index in [0.29, 0.717) is 27.9 Å². The van der Waals surface area contributed by atoms with Crippen LogP contribution in [0.15, 0.2) is 77.9 Å². The molecular formula is C25H23FN4O2. The van der Waals surface area contributed by atoms with Gasteiger partial charge in [-0.2, -0.15) is 0 Å². The lowest BCUT2D eigenvalue weighted by Crippen LogP contribution is -2.28. The molecule has 1 unspecified atom stereocenters. The molecule has 0 radical (unpaired) electrons. The molecule has 4 heterocycles. The Morgan fingerprint density at radius 2 is 2.00 bits per heavy atom. The van der Waals surface area contributed by atoms with Crippen molar-refractivity contribution < 1.29 is 9.50 Å². The van der Waals surface area contributed by atoms with Gasteiger partial charge in [0.1, 0.15) is 11.3 Å². The van der Waals surface area contributed by atoms with Crippen LogP contribution < -0.4 is 10.9 Å². The highest BCUT2D eigenvalue weighted by molar-refractivity contribution is 6.02. The summed E-state index contributed by atoms with van der Waals surface area (Å²) in [6, 6.07) is 12.6. The zero-order valence-electron chi connectivity index (χ0n) is 17.8. The second-order valence-electron chi connectivity index (χ2n) is 7.03. The lowest BCUT2D eigenvalue weighted by molar-refractivity contribution is 0.272. The van der Waals surface area contributed by atoms with Gasteiger partial charge < -0.3 is 10.4 Å². The van der Waals surface area contributed by atoms with Gasteiger partial charge in [-0.25, -0.2) is 9.37 Å². The molecule has 0 aliphatic carbocycles. The minimum Gasteiger partial charge on any atom is -0.394 e. The van der Waals surface area contributed by atoms with Crippen LogP contribution in [0.3, 0.4) is 0 Å². The Morgan fingerprint density at radius 1 is 1.16 bits per heavy atom. The number of allylic oxidation sites excluding steroid dienone is 2. The van der Waals surface area contributed by atoms with Crippen LogP contribution in [0.5, 0.6) is 0 Å². The molecule has 0 bridgehead atoms. The number of halogens is 1. The Kier molecular flexibility index (Phi) is 6.09. The lowest BCUT2D eigenvalue weighted by Gasteiger charge is -2.17. The molecule has 0 saturated carbocycles. The fraction of sp³-hybridized carbons (Fsp3) is 0.160. The van der Waals surface area contributed by atoms with E-state index in [1.165, 1.54) is 22.8 Å². The summed E-state index contributed by atoms with van der Waals surface area (Å²) in [5.74, 6) is -0.426. The third-order valence-electron chi connectivity index (χ3n) is 5.08. The molecule has 3 aromatic heterocycles. The maximum atomic E-state index is 13.9. The van der Waals surface area contributed by atoms with Crippen LogP contribution in [0.4, 0.5) is 4.39 Å². The van der Waals surface area contributed by atoms with Crippen molar-refractivity contribution in [3.8, 4) is 5.69 Å². The molecule has 6 nitrogen and oxygen atoms in total. The number of nitrogens with one attached hydrogen (secondary N) is 1. The first kappa shape index (κ1) is 21.4. The molecule has 0 amide bonds. The Balaban J connectivity index is 0.00000119. The van der Waals surface area contributed by atoms with Gasteiger partial charge in [-0.15, -0.1) is 0 Å². The van der Waals surface area contributed by atoms with Gasteiger partial charge in [0, 0.05) is 29.4 Å². The van der Waals surface area contributed by atoms with Crippen molar-refractivity contribution in [3.05, 3.63) is 94.9 Å². The van der Waals surface area contributed by atoms with Gasteiger partial charge in [-0.1, -0.05) is 32.1 Å². The second-order valence-corrected chi connectivity index (χ2v) is 7.03. The van der Waals surface area contributed by atoms with E-state index in [9.17, 15) is 14.3 Å². The molecule has 1 aliphatic rings. The van der Waals surface area contributed by atoms with Gasteiger partial charge in [0.25, 0.3) is 5.56 Å². The number of nitrogens with zero attached hydrogens (tertiary/aromatic N) is 3. The first-order valence-corrected chi connectivity index (χ1v) is 10.5. The minimum absolute atomic E-state index is 0.000101. The molecule has 7 heteroatoms. The molecule has 162 valence electrons. The van der Waals surface area contributed by atoms with Gasteiger partial charge >= 0.3 is 0 Å². The molecule has 2 N–H and O–H groups in total. The molecule has 32 heavy (non-hydrogen) atoms. The van der Waals surface area contributed by atoms with Crippen molar-refractivity contribution in [3.63, 3.8) is 0 Å². The summed E-state index contributed by atoms with van der Waals surface area (Å²) in [5, 5.41) is 13.1. The molecule has 1 aromatic carbocycles. The van der Waals surface area contributed by atoms with Crippen LogP contribution in [0.2, 0.25) is 0 Å². The SMILES string of the molecule is CC.O=c1ccc2cnc3ccc(C4=CNC(CO)C=C4)nc3c2n1-c1cccc(F)c1. The number of aromatic nitrogens is 3. The fourth-order valence-electron chi connectivity index (χ4n) is 3.60. The first-order chi connectivity index (χ1) is 15.6. The molecule has 1 atom stereocenters. The molecule has 0 saturated heterocycles. The number of rotatable bonds is 3. The van der Waals surface area contributed by atoms with Crippen molar-refractivity contribution in [1.82, 2.24) is 19.9 Å².